The van der Waals surface area contributed by atoms with E-state index in [2.05, 4.69) is 37.9 Å². The van der Waals surface area contributed by atoms with Gasteiger partial charge in [0.2, 0.25) is 0 Å². The van der Waals surface area contributed by atoms with Gasteiger partial charge in [0, 0.05) is 11.4 Å². The second kappa shape index (κ2) is 10.1. The molecule has 0 saturated heterocycles. The summed E-state index contributed by atoms with van der Waals surface area (Å²) >= 11 is 0. The highest BCUT2D eigenvalue weighted by atomic mass is 14.7. The van der Waals surface area contributed by atoms with Crippen molar-refractivity contribution in [2.45, 2.75) is 90.9 Å². The smallest absolute Gasteiger partial charge is 0.0180 e. The molecule has 1 N–H and O–H groups in total. The van der Waals surface area contributed by atoms with Gasteiger partial charge in [0.1, 0.15) is 0 Å². The van der Waals surface area contributed by atoms with E-state index in [-0.39, 0.29) is 0 Å². The zero-order chi connectivity index (χ0) is 13.9. The minimum Gasteiger partial charge on any atom is -0.362 e. The predicted molar refractivity (Wildman–Crippen MR) is 85.8 cm³/mol. The summed E-state index contributed by atoms with van der Waals surface area (Å²) in [6, 6.07) is 4.53. The van der Waals surface area contributed by atoms with Crippen molar-refractivity contribution in [2.24, 2.45) is 0 Å². The number of aryl methyl sites for hydroxylation is 1. The summed E-state index contributed by atoms with van der Waals surface area (Å²) in [6.07, 6.45) is 13.8. The van der Waals surface area contributed by atoms with Crippen LogP contribution >= 0.6 is 0 Å². The lowest BCUT2D eigenvalue weighted by atomic mass is 9.92. The first-order valence-corrected chi connectivity index (χ1v) is 8.43. The molecule has 0 spiro atoms. The van der Waals surface area contributed by atoms with Crippen LogP contribution in [0, 0.1) is 6.92 Å². The Morgan fingerprint density at radius 2 is 1.42 bits per heavy atom. The molecular weight excluding hydrogens is 230 g/mol. The molecule has 0 amide bonds. The van der Waals surface area contributed by atoms with E-state index in [9.17, 15) is 0 Å². The molecule has 0 fully saturated rings. The van der Waals surface area contributed by atoms with Crippen LogP contribution in [0.4, 0.5) is 0 Å². The van der Waals surface area contributed by atoms with Gasteiger partial charge in [-0.2, -0.15) is 0 Å². The first-order valence-electron chi connectivity index (χ1n) is 8.43. The lowest BCUT2D eigenvalue weighted by molar-refractivity contribution is 0.490. The van der Waals surface area contributed by atoms with E-state index in [4.69, 9.17) is 0 Å². The van der Waals surface area contributed by atoms with Gasteiger partial charge in [-0.15, -0.1) is 0 Å². The van der Waals surface area contributed by atoms with Crippen molar-refractivity contribution in [1.82, 2.24) is 4.98 Å². The molecule has 19 heavy (non-hydrogen) atoms. The molecule has 0 aliphatic rings. The number of H-pyrrole nitrogens is 1. The van der Waals surface area contributed by atoms with Crippen LogP contribution in [0.25, 0.3) is 0 Å². The number of unbranched alkanes of at least 4 members (excludes halogenated alkanes) is 6. The van der Waals surface area contributed by atoms with Gasteiger partial charge >= 0.3 is 0 Å². The molecule has 0 radical (unpaired) electrons. The van der Waals surface area contributed by atoms with Crippen LogP contribution in [0.15, 0.2) is 12.1 Å². The fourth-order valence-electron chi connectivity index (χ4n) is 2.85. The Kier molecular flexibility index (Phi) is 8.69. The maximum atomic E-state index is 3.56. The molecule has 1 aromatic heterocycles. The third-order valence-corrected chi connectivity index (χ3v) is 4.11. The first kappa shape index (κ1) is 16.3. The van der Waals surface area contributed by atoms with Crippen LogP contribution in [0.2, 0.25) is 0 Å². The van der Waals surface area contributed by atoms with Crippen LogP contribution in [-0.2, 0) is 0 Å². The molecule has 0 atom stereocenters. The van der Waals surface area contributed by atoms with E-state index in [0.29, 0.717) is 0 Å². The molecule has 1 nitrogen and oxygen atoms in total. The number of aromatic amines is 1. The third-order valence-electron chi connectivity index (χ3n) is 4.11. The molecule has 0 saturated carbocycles. The molecule has 1 aromatic rings. The zero-order valence-electron chi connectivity index (χ0n) is 13.3. The van der Waals surface area contributed by atoms with Gasteiger partial charge in [-0.1, -0.05) is 65.2 Å². The van der Waals surface area contributed by atoms with Gasteiger partial charge in [-0.25, -0.2) is 0 Å². The molecule has 0 aromatic carbocycles. The van der Waals surface area contributed by atoms with Crippen molar-refractivity contribution < 1.29 is 0 Å². The zero-order valence-corrected chi connectivity index (χ0v) is 13.3. The number of nitrogens with one attached hydrogen (secondary N) is 1. The number of hydrogen-bond acceptors (Lipinski definition) is 0. The van der Waals surface area contributed by atoms with E-state index in [1.54, 1.807) is 0 Å². The monoisotopic (exact) mass is 263 g/mol. The van der Waals surface area contributed by atoms with Crippen molar-refractivity contribution in [3.05, 3.63) is 23.5 Å². The molecule has 1 rings (SSSR count). The van der Waals surface area contributed by atoms with E-state index < -0.39 is 0 Å². The Bertz CT molecular complexity index is 301. The topological polar surface area (TPSA) is 15.8 Å². The highest BCUT2D eigenvalue weighted by molar-refractivity contribution is 5.15. The molecule has 0 unspecified atom stereocenters. The standard InChI is InChI=1S/C18H33N/c1-4-6-8-10-12-17(13-11-9-7-5-2)18-15-14-16(3)19-18/h14-15,17,19H,4-13H2,1-3H3. The van der Waals surface area contributed by atoms with Gasteiger partial charge in [0.05, 0.1) is 0 Å². The van der Waals surface area contributed by atoms with Gasteiger partial charge in [0.15, 0.2) is 0 Å². The van der Waals surface area contributed by atoms with E-state index in [1.165, 1.54) is 75.6 Å². The number of rotatable bonds is 11. The molecular formula is C18H33N. The highest BCUT2D eigenvalue weighted by Crippen LogP contribution is 2.28. The SMILES string of the molecule is CCCCCCC(CCCCCC)c1ccc(C)[nH]1. The van der Waals surface area contributed by atoms with Gasteiger partial charge in [-0.05, 0) is 37.8 Å². The van der Waals surface area contributed by atoms with E-state index >= 15 is 0 Å². The Balaban J connectivity index is 2.38. The minimum atomic E-state index is 0.766. The molecule has 0 aliphatic carbocycles. The molecule has 110 valence electrons. The summed E-state index contributed by atoms with van der Waals surface area (Å²) in [4.78, 5) is 3.56. The summed E-state index contributed by atoms with van der Waals surface area (Å²) in [6.45, 7) is 6.74. The second-order valence-corrected chi connectivity index (χ2v) is 5.99. The quantitative estimate of drug-likeness (QED) is 0.448. The molecule has 0 bridgehead atoms. The van der Waals surface area contributed by atoms with Crippen molar-refractivity contribution in [2.75, 3.05) is 0 Å². The van der Waals surface area contributed by atoms with Crippen LogP contribution in [0.1, 0.15) is 95.4 Å². The maximum Gasteiger partial charge on any atom is 0.0180 e. The normalized spacial score (nSPS) is 11.4. The molecule has 1 heterocycles. The predicted octanol–water partition coefficient (Wildman–Crippen LogP) is 6.35. The van der Waals surface area contributed by atoms with Crippen molar-refractivity contribution >= 4 is 0 Å². The minimum absolute atomic E-state index is 0.766. The van der Waals surface area contributed by atoms with Gasteiger partial charge < -0.3 is 4.98 Å². The molecule has 0 aliphatic heterocycles. The Morgan fingerprint density at radius 3 is 1.84 bits per heavy atom. The maximum absolute atomic E-state index is 3.56. The lowest BCUT2D eigenvalue weighted by Gasteiger charge is -2.16. The fourth-order valence-corrected chi connectivity index (χ4v) is 2.85. The third kappa shape index (κ3) is 6.84. The van der Waals surface area contributed by atoms with Crippen LogP contribution in [-0.4, -0.2) is 4.98 Å². The summed E-state index contributed by atoms with van der Waals surface area (Å²) in [7, 11) is 0. The molecule has 1 heteroatoms. The average molecular weight is 263 g/mol. The van der Waals surface area contributed by atoms with Crippen LogP contribution in [0.5, 0.6) is 0 Å². The summed E-state index contributed by atoms with van der Waals surface area (Å²) in [5.41, 5.74) is 2.78. The summed E-state index contributed by atoms with van der Waals surface area (Å²) in [5, 5.41) is 0. The number of aromatic nitrogens is 1. The Hall–Kier alpha value is -0.720. The van der Waals surface area contributed by atoms with Gasteiger partial charge in [0.25, 0.3) is 0 Å². The largest absolute Gasteiger partial charge is 0.362 e. The van der Waals surface area contributed by atoms with Crippen molar-refractivity contribution in [1.29, 1.82) is 0 Å². The first-order chi connectivity index (χ1) is 9.27. The summed E-state index contributed by atoms with van der Waals surface area (Å²) < 4.78 is 0. The van der Waals surface area contributed by atoms with Crippen LogP contribution in [0.3, 0.4) is 0 Å². The highest BCUT2D eigenvalue weighted by Gasteiger charge is 2.12. The fraction of sp³-hybridized carbons (Fsp3) is 0.778. The Labute approximate surface area is 120 Å². The number of hydrogen-bond donors (Lipinski definition) is 1. The van der Waals surface area contributed by atoms with E-state index in [0.717, 1.165) is 5.92 Å². The second-order valence-electron chi connectivity index (χ2n) is 5.99. The van der Waals surface area contributed by atoms with Gasteiger partial charge in [-0.3, -0.25) is 0 Å². The van der Waals surface area contributed by atoms with E-state index in [1.807, 2.05) is 0 Å². The van der Waals surface area contributed by atoms with Crippen LogP contribution < -0.4 is 0 Å². The average Bonchev–Trinajstić information content (AvgIpc) is 2.83. The summed E-state index contributed by atoms with van der Waals surface area (Å²) in [5.74, 6) is 0.766. The lowest BCUT2D eigenvalue weighted by Crippen LogP contribution is -2.00. The van der Waals surface area contributed by atoms with Crippen molar-refractivity contribution in [3.63, 3.8) is 0 Å². The van der Waals surface area contributed by atoms with Crippen molar-refractivity contribution in [3.8, 4) is 0 Å². The Morgan fingerprint density at radius 1 is 0.842 bits per heavy atom.